The number of rotatable bonds is 6. The Morgan fingerprint density at radius 2 is 1.87 bits per heavy atom. The zero-order chi connectivity index (χ0) is 21.3. The van der Waals surface area contributed by atoms with Gasteiger partial charge in [-0.15, -0.1) is 0 Å². The number of aromatic nitrogens is 4. The van der Waals surface area contributed by atoms with E-state index in [9.17, 15) is 4.79 Å². The molecule has 156 valence electrons. The highest BCUT2D eigenvalue weighted by atomic mass is 16.2. The van der Waals surface area contributed by atoms with Gasteiger partial charge in [0.1, 0.15) is 17.6 Å². The van der Waals surface area contributed by atoms with Gasteiger partial charge in [-0.25, -0.2) is 9.97 Å². The van der Waals surface area contributed by atoms with Crippen LogP contribution in [0.1, 0.15) is 36.5 Å². The molecule has 1 aliphatic heterocycles. The standard InChI is InChI=1S/C23H28N6O/c1-15(2)21-23(30)27-20-16(3)25-19(26-22(20)28(21)4)11-10-18-12-24-29(14-18)13-17-8-6-5-7-9-17/h5-9,12,14-15,21H,10-11,13H2,1-4H3,(H,27,30)/t21-/m0/s1. The molecule has 0 unspecified atom stereocenters. The van der Waals surface area contributed by atoms with E-state index in [1.165, 1.54) is 5.56 Å². The average Bonchev–Trinajstić information content (AvgIpc) is 3.15. The Morgan fingerprint density at radius 1 is 1.10 bits per heavy atom. The fourth-order valence-electron chi connectivity index (χ4n) is 4.03. The number of nitrogens with zero attached hydrogens (tertiary/aromatic N) is 5. The Bertz CT molecular complexity index is 1040. The fraction of sp³-hybridized carbons (Fsp3) is 0.391. The van der Waals surface area contributed by atoms with E-state index < -0.39 is 0 Å². The third-order valence-electron chi connectivity index (χ3n) is 5.53. The summed E-state index contributed by atoms with van der Waals surface area (Å²) in [6.45, 7) is 6.78. The van der Waals surface area contributed by atoms with Gasteiger partial charge in [-0.05, 0) is 30.4 Å². The molecule has 0 aliphatic carbocycles. The second kappa shape index (κ2) is 8.26. The van der Waals surface area contributed by atoms with Crippen LogP contribution in [-0.4, -0.2) is 38.7 Å². The molecule has 0 fully saturated rings. The Hall–Kier alpha value is -3.22. The predicted molar refractivity (Wildman–Crippen MR) is 118 cm³/mol. The van der Waals surface area contributed by atoms with Crippen LogP contribution >= 0.6 is 0 Å². The molecule has 7 heteroatoms. The third-order valence-corrected chi connectivity index (χ3v) is 5.53. The lowest BCUT2D eigenvalue weighted by Crippen LogP contribution is -2.49. The van der Waals surface area contributed by atoms with Crippen LogP contribution in [0.3, 0.4) is 0 Å². The maximum atomic E-state index is 12.5. The molecular weight excluding hydrogens is 376 g/mol. The molecule has 4 rings (SSSR count). The monoisotopic (exact) mass is 404 g/mol. The van der Waals surface area contributed by atoms with Crippen molar-refractivity contribution in [3.8, 4) is 0 Å². The molecule has 1 aromatic carbocycles. The van der Waals surface area contributed by atoms with Crippen LogP contribution in [0, 0.1) is 12.8 Å². The van der Waals surface area contributed by atoms with Crippen molar-refractivity contribution in [1.82, 2.24) is 19.7 Å². The Labute approximate surface area is 177 Å². The first kappa shape index (κ1) is 20.1. The number of benzene rings is 1. The van der Waals surface area contributed by atoms with Crippen LogP contribution < -0.4 is 10.2 Å². The largest absolute Gasteiger partial charge is 0.346 e. The first-order valence-corrected chi connectivity index (χ1v) is 10.4. The molecule has 2 aromatic heterocycles. The summed E-state index contributed by atoms with van der Waals surface area (Å²) >= 11 is 0. The minimum atomic E-state index is -0.226. The third kappa shape index (κ3) is 4.06. The van der Waals surface area contributed by atoms with E-state index in [1.807, 2.05) is 61.8 Å². The fourth-order valence-corrected chi connectivity index (χ4v) is 4.03. The highest BCUT2D eigenvalue weighted by Crippen LogP contribution is 2.33. The lowest BCUT2D eigenvalue weighted by atomic mass is 9.99. The van der Waals surface area contributed by atoms with Crippen LogP contribution in [-0.2, 0) is 24.2 Å². The van der Waals surface area contributed by atoms with E-state index in [2.05, 4.69) is 33.7 Å². The minimum absolute atomic E-state index is 0.00489. The molecule has 1 aliphatic rings. The van der Waals surface area contributed by atoms with Crippen molar-refractivity contribution in [2.75, 3.05) is 17.3 Å². The topological polar surface area (TPSA) is 75.9 Å². The maximum absolute atomic E-state index is 12.5. The van der Waals surface area contributed by atoms with E-state index in [0.717, 1.165) is 48.0 Å². The summed E-state index contributed by atoms with van der Waals surface area (Å²) in [7, 11) is 1.94. The molecule has 1 amide bonds. The summed E-state index contributed by atoms with van der Waals surface area (Å²) in [6.07, 6.45) is 5.53. The summed E-state index contributed by atoms with van der Waals surface area (Å²) in [5.74, 6) is 1.78. The summed E-state index contributed by atoms with van der Waals surface area (Å²) in [4.78, 5) is 23.9. The van der Waals surface area contributed by atoms with Crippen LogP contribution in [0.25, 0.3) is 0 Å². The quantitative estimate of drug-likeness (QED) is 0.683. The van der Waals surface area contributed by atoms with Crippen LogP contribution in [0.15, 0.2) is 42.7 Å². The molecule has 3 aromatic rings. The van der Waals surface area contributed by atoms with Gasteiger partial charge in [-0.1, -0.05) is 44.2 Å². The Balaban J connectivity index is 1.47. The van der Waals surface area contributed by atoms with Gasteiger partial charge >= 0.3 is 0 Å². The van der Waals surface area contributed by atoms with Crippen molar-refractivity contribution in [2.45, 2.75) is 46.2 Å². The zero-order valence-corrected chi connectivity index (χ0v) is 18.0. The van der Waals surface area contributed by atoms with E-state index >= 15 is 0 Å². The zero-order valence-electron chi connectivity index (χ0n) is 18.0. The van der Waals surface area contributed by atoms with Crippen molar-refractivity contribution in [1.29, 1.82) is 0 Å². The van der Waals surface area contributed by atoms with Gasteiger partial charge < -0.3 is 10.2 Å². The van der Waals surface area contributed by atoms with Crippen molar-refractivity contribution in [3.05, 3.63) is 65.4 Å². The number of amides is 1. The molecule has 1 atom stereocenters. The van der Waals surface area contributed by atoms with Crippen molar-refractivity contribution >= 4 is 17.4 Å². The highest BCUT2D eigenvalue weighted by molar-refractivity contribution is 6.03. The van der Waals surface area contributed by atoms with Gasteiger partial charge in [0.25, 0.3) is 0 Å². The molecular formula is C23H28N6O. The Kier molecular flexibility index (Phi) is 5.53. The number of hydrogen-bond donors (Lipinski definition) is 1. The molecule has 3 heterocycles. The van der Waals surface area contributed by atoms with E-state index in [0.29, 0.717) is 0 Å². The summed E-state index contributed by atoms with van der Waals surface area (Å²) in [6, 6.07) is 10.1. The number of aryl methyl sites for hydroxylation is 3. The summed E-state index contributed by atoms with van der Waals surface area (Å²) in [5, 5.41) is 7.48. The second-order valence-corrected chi connectivity index (χ2v) is 8.24. The summed E-state index contributed by atoms with van der Waals surface area (Å²) < 4.78 is 1.96. The number of anilines is 2. The van der Waals surface area contributed by atoms with Gasteiger partial charge in [-0.2, -0.15) is 5.10 Å². The van der Waals surface area contributed by atoms with Gasteiger partial charge in [-0.3, -0.25) is 9.48 Å². The first-order chi connectivity index (χ1) is 14.4. The first-order valence-electron chi connectivity index (χ1n) is 10.4. The highest BCUT2D eigenvalue weighted by Gasteiger charge is 2.35. The van der Waals surface area contributed by atoms with Crippen molar-refractivity contribution in [2.24, 2.45) is 5.92 Å². The van der Waals surface area contributed by atoms with Gasteiger partial charge in [0.15, 0.2) is 5.82 Å². The molecule has 30 heavy (non-hydrogen) atoms. The van der Waals surface area contributed by atoms with E-state index in [1.54, 1.807) is 0 Å². The number of nitrogens with one attached hydrogen (secondary N) is 1. The SMILES string of the molecule is Cc1nc(CCc2cnn(Cc3ccccc3)c2)nc2c1NC(=O)[C@H](C(C)C)N2C. The molecule has 7 nitrogen and oxygen atoms in total. The van der Waals surface area contributed by atoms with Crippen LogP contribution in [0.5, 0.6) is 0 Å². The normalized spacial score (nSPS) is 16.0. The second-order valence-electron chi connectivity index (χ2n) is 8.24. The van der Waals surface area contributed by atoms with Gasteiger partial charge in [0.05, 0.1) is 18.4 Å². The number of carbonyl (C=O) groups is 1. The number of hydrogen-bond acceptors (Lipinski definition) is 5. The van der Waals surface area contributed by atoms with Crippen LogP contribution in [0.4, 0.5) is 11.5 Å². The summed E-state index contributed by atoms with van der Waals surface area (Å²) in [5.41, 5.74) is 3.91. The maximum Gasteiger partial charge on any atom is 0.247 e. The average molecular weight is 405 g/mol. The van der Waals surface area contributed by atoms with E-state index in [-0.39, 0.29) is 17.9 Å². The number of carbonyl (C=O) groups excluding carboxylic acids is 1. The molecule has 1 N–H and O–H groups in total. The lowest BCUT2D eigenvalue weighted by molar-refractivity contribution is -0.118. The number of likely N-dealkylation sites (N-methyl/N-ethyl adjacent to an activating group) is 1. The molecule has 0 saturated carbocycles. The molecule has 0 saturated heterocycles. The molecule has 0 spiro atoms. The van der Waals surface area contributed by atoms with Gasteiger partial charge in [0, 0.05) is 19.7 Å². The molecule has 0 radical (unpaired) electrons. The minimum Gasteiger partial charge on any atom is -0.346 e. The lowest BCUT2D eigenvalue weighted by Gasteiger charge is -2.36. The predicted octanol–water partition coefficient (Wildman–Crippen LogP) is 3.23. The number of fused-ring (bicyclic) bond motifs is 1. The van der Waals surface area contributed by atoms with Crippen molar-refractivity contribution in [3.63, 3.8) is 0 Å². The molecule has 0 bridgehead atoms. The van der Waals surface area contributed by atoms with Gasteiger partial charge in [0.2, 0.25) is 5.91 Å². The van der Waals surface area contributed by atoms with Crippen molar-refractivity contribution < 1.29 is 4.79 Å². The smallest absolute Gasteiger partial charge is 0.247 e. The van der Waals surface area contributed by atoms with E-state index in [4.69, 9.17) is 4.98 Å². The van der Waals surface area contributed by atoms with Crippen LogP contribution in [0.2, 0.25) is 0 Å². The Morgan fingerprint density at radius 3 is 2.60 bits per heavy atom.